The van der Waals surface area contributed by atoms with Crippen LogP contribution in [0, 0.1) is 13.8 Å². The van der Waals surface area contributed by atoms with Crippen LogP contribution >= 0.6 is 22.9 Å². The van der Waals surface area contributed by atoms with E-state index in [0.717, 1.165) is 17.0 Å². The van der Waals surface area contributed by atoms with Crippen LogP contribution in [0.5, 0.6) is 5.75 Å². The predicted octanol–water partition coefficient (Wildman–Crippen LogP) is 4.63. The molecule has 30 heavy (non-hydrogen) atoms. The third-order valence-electron chi connectivity index (χ3n) is 4.63. The van der Waals surface area contributed by atoms with Crippen molar-refractivity contribution in [2.45, 2.75) is 20.5 Å². The number of aromatic nitrogens is 4. The summed E-state index contributed by atoms with van der Waals surface area (Å²) in [7, 11) is 1.87. The molecule has 0 saturated carbocycles. The molecular formula is C20H18ClN5O3S. The number of amides is 1. The summed E-state index contributed by atoms with van der Waals surface area (Å²) in [4.78, 5) is 17.3. The number of anilines is 1. The molecule has 0 aliphatic heterocycles. The molecule has 3 aromatic heterocycles. The van der Waals surface area contributed by atoms with Crippen LogP contribution in [-0.4, -0.2) is 25.8 Å². The molecule has 8 nitrogen and oxygen atoms in total. The van der Waals surface area contributed by atoms with E-state index < -0.39 is 5.91 Å². The summed E-state index contributed by atoms with van der Waals surface area (Å²) < 4.78 is 12.7. The molecule has 0 saturated heterocycles. The van der Waals surface area contributed by atoms with E-state index >= 15 is 0 Å². The highest BCUT2D eigenvalue weighted by Crippen LogP contribution is 2.27. The third kappa shape index (κ3) is 4.07. The molecule has 0 radical (unpaired) electrons. The minimum atomic E-state index is -0.412. The lowest BCUT2D eigenvalue weighted by molar-refractivity contribution is 0.101. The lowest BCUT2D eigenvalue weighted by atomic mass is 10.2. The van der Waals surface area contributed by atoms with Crippen LogP contribution in [0.25, 0.3) is 11.3 Å². The molecule has 4 rings (SSSR count). The topological polar surface area (TPSA) is 95.1 Å². The number of hydrogen-bond acceptors (Lipinski definition) is 7. The van der Waals surface area contributed by atoms with Gasteiger partial charge in [-0.2, -0.15) is 5.10 Å². The van der Waals surface area contributed by atoms with Gasteiger partial charge in [0, 0.05) is 28.7 Å². The summed E-state index contributed by atoms with van der Waals surface area (Å²) in [5, 5.41) is 13.9. The Hall–Kier alpha value is -3.17. The lowest BCUT2D eigenvalue weighted by Gasteiger charge is -2.06. The molecule has 1 aromatic carbocycles. The van der Waals surface area contributed by atoms with Gasteiger partial charge >= 0.3 is 0 Å². The molecule has 0 aliphatic rings. The van der Waals surface area contributed by atoms with Crippen molar-refractivity contribution in [1.29, 1.82) is 0 Å². The van der Waals surface area contributed by atoms with Gasteiger partial charge in [0.25, 0.3) is 5.91 Å². The number of thiazole rings is 1. The molecular weight excluding hydrogens is 426 g/mol. The molecule has 4 aromatic rings. The van der Waals surface area contributed by atoms with E-state index in [4.69, 9.17) is 20.9 Å². The van der Waals surface area contributed by atoms with Crippen LogP contribution in [0.3, 0.4) is 0 Å². The quantitative estimate of drug-likeness (QED) is 0.466. The maximum atomic E-state index is 12.8. The van der Waals surface area contributed by atoms with Crippen LogP contribution in [0.15, 0.2) is 40.4 Å². The molecule has 0 unspecified atom stereocenters. The minimum absolute atomic E-state index is 0.137. The summed E-state index contributed by atoms with van der Waals surface area (Å²) in [5.74, 6) is 0.730. The zero-order valence-electron chi connectivity index (χ0n) is 16.5. The van der Waals surface area contributed by atoms with Crippen molar-refractivity contribution >= 4 is 34.0 Å². The highest BCUT2D eigenvalue weighted by atomic mass is 35.5. The Balaban J connectivity index is 1.48. The van der Waals surface area contributed by atoms with Crippen LogP contribution in [0.1, 0.15) is 27.5 Å². The van der Waals surface area contributed by atoms with Crippen molar-refractivity contribution in [3.05, 3.63) is 63.6 Å². The Morgan fingerprint density at radius 3 is 2.77 bits per heavy atom. The van der Waals surface area contributed by atoms with Gasteiger partial charge < -0.3 is 9.26 Å². The summed E-state index contributed by atoms with van der Waals surface area (Å²) in [6.45, 7) is 3.83. The van der Waals surface area contributed by atoms with Crippen molar-refractivity contribution in [2.75, 3.05) is 5.32 Å². The Bertz CT molecular complexity index is 1200. The fraction of sp³-hybridized carbons (Fsp3) is 0.200. The number of aryl methyl sites for hydroxylation is 2. The molecule has 10 heteroatoms. The molecule has 0 atom stereocenters. The van der Waals surface area contributed by atoms with Crippen molar-refractivity contribution in [3.63, 3.8) is 0 Å². The predicted molar refractivity (Wildman–Crippen MR) is 114 cm³/mol. The number of carbonyl (C=O) groups excluding carboxylic acids is 1. The highest BCUT2D eigenvalue weighted by Gasteiger charge is 2.22. The van der Waals surface area contributed by atoms with Crippen molar-refractivity contribution in [2.24, 2.45) is 7.05 Å². The average molecular weight is 444 g/mol. The first kappa shape index (κ1) is 20.1. The molecule has 0 aliphatic carbocycles. The van der Waals surface area contributed by atoms with E-state index in [1.807, 2.05) is 19.4 Å². The van der Waals surface area contributed by atoms with Gasteiger partial charge in [-0.3, -0.25) is 14.8 Å². The Kier molecular flexibility index (Phi) is 5.56. The standard InChI is InChI=1S/C20H18ClN5O3S/c1-11-15(8-22-26(11)3)17-10-30-20(23-17)24-19(27)18-16(12(2)29-25-18)9-28-14-6-4-13(21)5-7-14/h4-8,10H,9H2,1-3H3,(H,23,24,27). The van der Waals surface area contributed by atoms with Gasteiger partial charge in [-0.25, -0.2) is 4.98 Å². The maximum absolute atomic E-state index is 12.8. The molecule has 1 N–H and O–H groups in total. The molecule has 3 heterocycles. The summed E-state index contributed by atoms with van der Waals surface area (Å²) in [6, 6.07) is 6.97. The molecule has 0 bridgehead atoms. The second-order valence-electron chi connectivity index (χ2n) is 6.57. The normalized spacial score (nSPS) is 10.9. The van der Waals surface area contributed by atoms with Crippen LogP contribution in [0.2, 0.25) is 5.02 Å². The number of halogens is 1. The third-order valence-corrected chi connectivity index (χ3v) is 5.64. The molecule has 0 spiro atoms. The molecule has 1 amide bonds. The van der Waals surface area contributed by atoms with Gasteiger partial charge in [-0.15, -0.1) is 11.3 Å². The van der Waals surface area contributed by atoms with E-state index in [0.29, 0.717) is 27.2 Å². The van der Waals surface area contributed by atoms with Crippen LogP contribution in [-0.2, 0) is 13.7 Å². The fourth-order valence-corrected chi connectivity index (χ4v) is 3.62. The van der Waals surface area contributed by atoms with Gasteiger partial charge in [0.1, 0.15) is 18.1 Å². The average Bonchev–Trinajstić information content (AvgIpc) is 3.42. The first-order valence-corrected chi connectivity index (χ1v) is 10.3. The maximum Gasteiger partial charge on any atom is 0.280 e. The van der Waals surface area contributed by atoms with Crippen molar-refractivity contribution in [1.82, 2.24) is 19.9 Å². The monoisotopic (exact) mass is 443 g/mol. The van der Waals surface area contributed by atoms with Gasteiger partial charge in [0.2, 0.25) is 0 Å². The fourth-order valence-electron chi connectivity index (χ4n) is 2.79. The zero-order valence-corrected chi connectivity index (χ0v) is 18.0. The first-order chi connectivity index (χ1) is 14.4. The van der Waals surface area contributed by atoms with Gasteiger partial charge in [0.05, 0.1) is 17.5 Å². The van der Waals surface area contributed by atoms with Crippen molar-refractivity contribution in [3.8, 4) is 17.0 Å². The minimum Gasteiger partial charge on any atom is -0.489 e. The van der Waals surface area contributed by atoms with E-state index in [9.17, 15) is 4.79 Å². The first-order valence-electron chi connectivity index (χ1n) is 9.01. The van der Waals surface area contributed by atoms with E-state index in [1.165, 1.54) is 11.3 Å². The highest BCUT2D eigenvalue weighted by molar-refractivity contribution is 7.14. The number of carbonyl (C=O) groups is 1. The SMILES string of the molecule is Cc1onc(C(=O)Nc2nc(-c3cnn(C)c3C)cs2)c1COc1ccc(Cl)cc1. The number of hydrogen-bond donors (Lipinski definition) is 1. The number of nitrogens with zero attached hydrogens (tertiary/aromatic N) is 4. The van der Waals surface area contributed by atoms with E-state index in [1.54, 1.807) is 42.1 Å². The summed E-state index contributed by atoms with van der Waals surface area (Å²) >= 11 is 7.22. The van der Waals surface area contributed by atoms with E-state index in [2.05, 4.69) is 20.6 Å². The largest absolute Gasteiger partial charge is 0.489 e. The number of ether oxygens (including phenoxy) is 1. The second kappa shape index (κ2) is 8.29. The van der Waals surface area contributed by atoms with Gasteiger partial charge in [0.15, 0.2) is 10.8 Å². The Labute approximate surface area is 181 Å². The molecule has 0 fully saturated rings. The smallest absolute Gasteiger partial charge is 0.280 e. The Morgan fingerprint density at radius 2 is 2.07 bits per heavy atom. The summed E-state index contributed by atoms with van der Waals surface area (Å²) in [6.07, 6.45) is 1.75. The van der Waals surface area contributed by atoms with Gasteiger partial charge in [-0.05, 0) is 38.1 Å². The lowest BCUT2D eigenvalue weighted by Crippen LogP contribution is -2.15. The zero-order chi connectivity index (χ0) is 21.3. The van der Waals surface area contributed by atoms with Crippen LogP contribution in [0.4, 0.5) is 5.13 Å². The number of nitrogens with one attached hydrogen (secondary N) is 1. The number of benzene rings is 1. The molecule has 154 valence electrons. The van der Waals surface area contributed by atoms with Crippen molar-refractivity contribution < 1.29 is 14.1 Å². The second-order valence-corrected chi connectivity index (χ2v) is 7.86. The Morgan fingerprint density at radius 1 is 1.30 bits per heavy atom. The van der Waals surface area contributed by atoms with Gasteiger partial charge in [-0.1, -0.05) is 16.8 Å². The van der Waals surface area contributed by atoms with E-state index in [-0.39, 0.29) is 12.3 Å². The number of rotatable bonds is 6. The summed E-state index contributed by atoms with van der Waals surface area (Å²) in [5.41, 5.74) is 3.40. The van der Waals surface area contributed by atoms with Crippen LogP contribution < -0.4 is 10.1 Å².